The Bertz CT molecular complexity index is 356. The number of carbonyl (C=O) groups is 1. The van der Waals surface area contributed by atoms with Gasteiger partial charge in [0.05, 0.1) is 5.01 Å². The number of nitrogens with one attached hydrogen (secondary N) is 1. The van der Waals surface area contributed by atoms with Crippen LogP contribution in [0.5, 0.6) is 0 Å². The van der Waals surface area contributed by atoms with Gasteiger partial charge in [0.1, 0.15) is 0 Å². The monoisotopic (exact) mass is 238 g/mol. The quantitative estimate of drug-likeness (QED) is 0.874. The van der Waals surface area contributed by atoms with Gasteiger partial charge in [-0.3, -0.25) is 4.79 Å². The molecule has 0 atom stereocenters. The number of hydrogen-bond acceptors (Lipinski definition) is 3. The van der Waals surface area contributed by atoms with Crippen molar-refractivity contribution >= 4 is 17.2 Å². The van der Waals surface area contributed by atoms with Crippen LogP contribution >= 0.6 is 11.3 Å². The first kappa shape index (κ1) is 11.6. The zero-order chi connectivity index (χ0) is 11.4. The van der Waals surface area contributed by atoms with Crippen LogP contribution in [-0.2, 0) is 11.2 Å². The molecule has 0 unspecified atom stereocenters. The third-order valence-corrected chi connectivity index (χ3v) is 4.04. The first-order valence-corrected chi connectivity index (χ1v) is 6.76. The number of aryl methyl sites for hydroxylation is 1. The normalized spacial score (nSPS) is 16.6. The molecular weight excluding hydrogens is 220 g/mol. The molecule has 0 aliphatic heterocycles. The molecule has 4 heteroatoms. The first-order chi connectivity index (χ1) is 7.75. The molecule has 0 radical (unpaired) electrons. The van der Waals surface area contributed by atoms with Gasteiger partial charge in [0.25, 0.3) is 0 Å². The van der Waals surface area contributed by atoms with Crippen molar-refractivity contribution in [1.29, 1.82) is 0 Å². The van der Waals surface area contributed by atoms with Crippen molar-refractivity contribution in [3.8, 4) is 0 Å². The molecule has 0 spiro atoms. The molecule has 3 nitrogen and oxygen atoms in total. The maximum atomic E-state index is 11.7. The predicted octanol–water partition coefficient (Wildman–Crippen LogP) is 2.30. The summed E-state index contributed by atoms with van der Waals surface area (Å²) in [5.41, 5.74) is 0. The maximum absolute atomic E-state index is 11.7. The number of carbonyl (C=O) groups excluding carboxylic acids is 1. The van der Waals surface area contributed by atoms with Crippen LogP contribution in [0.15, 0.2) is 6.20 Å². The van der Waals surface area contributed by atoms with Gasteiger partial charge in [-0.25, -0.2) is 4.98 Å². The van der Waals surface area contributed by atoms with Gasteiger partial charge in [0, 0.05) is 30.0 Å². The Balaban J connectivity index is 1.69. The van der Waals surface area contributed by atoms with Crippen molar-refractivity contribution in [2.24, 2.45) is 5.92 Å². The van der Waals surface area contributed by atoms with Gasteiger partial charge < -0.3 is 5.32 Å². The number of amides is 1. The minimum Gasteiger partial charge on any atom is -0.356 e. The van der Waals surface area contributed by atoms with E-state index in [1.165, 1.54) is 17.7 Å². The van der Waals surface area contributed by atoms with Crippen molar-refractivity contribution in [3.63, 3.8) is 0 Å². The third-order valence-electron chi connectivity index (χ3n) is 3.07. The molecule has 2 rings (SSSR count). The Morgan fingerprint density at radius 3 is 2.94 bits per heavy atom. The lowest BCUT2D eigenvalue weighted by Crippen LogP contribution is -2.30. The standard InChI is InChI=1S/C12H18N2OS/c1-9-14-8-11(16-9)6-7-13-12(15)10-4-2-3-5-10/h8,10H,2-7H2,1H3,(H,13,15). The first-order valence-electron chi connectivity index (χ1n) is 5.95. The molecule has 1 amide bonds. The van der Waals surface area contributed by atoms with Gasteiger partial charge in [-0.05, 0) is 19.8 Å². The summed E-state index contributed by atoms with van der Waals surface area (Å²) < 4.78 is 0. The van der Waals surface area contributed by atoms with Gasteiger partial charge in [0.15, 0.2) is 0 Å². The second-order valence-corrected chi connectivity index (χ2v) is 5.69. The molecule has 1 fully saturated rings. The van der Waals surface area contributed by atoms with Crippen LogP contribution in [-0.4, -0.2) is 17.4 Å². The zero-order valence-electron chi connectivity index (χ0n) is 9.66. The molecule has 0 bridgehead atoms. The summed E-state index contributed by atoms with van der Waals surface area (Å²) in [5, 5.41) is 4.12. The van der Waals surface area contributed by atoms with Gasteiger partial charge in [-0.15, -0.1) is 11.3 Å². The average molecular weight is 238 g/mol. The summed E-state index contributed by atoms with van der Waals surface area (Å²) in [5.74, 6) is 0.530. The van der Waals surface area contributed by atoms with Gasteiger partial charge in [0.2, 0.25) is 5.91 Å². The van der Waals surface area contributed by atoms with E-state index in [1.54, 1.807) is 11.3 Å². The van der Waals surface area contributed by atoms with E-state index in [9.17, 15) is 4.79 Å². The molecule has 16 heavy (non-hydrogen) atoms. The second kappa shape index (κ2) is 5.43. The highest BCUT2D eigenvalue weighted by molar-refractivity contribution is 7.11. The van der Waals surface area contributed by atoms with Crippen LogP contribution in [0, 0.1) is 12.8 Å². The Morgan fingerprint density at radius 2 is 2.31 bits per heavy atom. The van der Waals surface area contributed by atoms with Gasteiger partial charge >= 0.3 is 0 Å². The Hall–Kier alpha value is -0.900. The van der Waals surface area contributed by atoms with E-state index in [1.807, 2.05) is 13.1 Å². The van der Waals surface area contributed by atoms with Crippen molar-refractivity contribution < 1.29 is 4.79 Å². The van der Waals surface area contributed by atoms with E-state index < -0.39 is 0 Å². The fraction of sp³-hybridized carbons (Fsp3) is 0.667. The molecule has 1 aliphatic carbocycles. The van der Waals surface area contributed by atoms with Crippen molar-refractivity contribution in [2.75, 3.05) is 6.54 Å². The highest BCUT2D eigenvalue weighted by Gasteiger charge is 2.21. The van der Waals surface area contributed by atoms with Crippen molar-refractivity contribution in [3.05, 3.63) is 16.1 Å². The summed E-state index contributed by atoms with van der Waals surface area (Å²) in [4.78, 5) is 17.2. The molecule has 0 aromatic carbocycles. The minimum absolute atomic E-state index is 0.249. The van der Waals surface area contributed by atoms with Crippen LogP contribution in [0.1, 0.15) is 35.6 Å². The SMILES string of the molecule is Cc1ncc(CCNC(=O)C2CCCC2)s1. The number of hydrogen-bond donors (Lipinski definition) is 1. The largest absolute Gasteiger partial charge is 0.356 e. The number of thiazole rings is 1. The molecular formula is C12H18N2OS. The fourth-order valence-electron chi connectivity index (χ4n) is 2.16. The minimum atomic E-state index is 0.249. The number of nitrogens with zero attached hydrogens (tertiary/aromatic N) is 1. The van der Waals surface area contributed by atoms with Crippen LogP contribution in [0.25, 0.3) is 0 Å². The van der Waals surface area contributed by atoms with Crippen LogP contribution in [0.3, 0.4) is 0 Å². The fourth-order valence-corrected chi connectivity index (χ4v) is 2.96. The van der Waals surface area contributed by atoms with E-state index in [4.69, 9.17) is 0 Å². The molecule has 1 aromatic rings. The maximum Gasteiger partial charge on any atom is 0.223 e. The summed E-state index contributed by atoms with van der Waals surface area (Å²) in [6.07, 6.45) is 7.39. The highest BCUT2D eigenvalue weighted by atomic mass is 32.1. The number of rotatable bonds is 4. The summed E-state index contributed by atoms with van der Waals surface area (Å²) in [6.45, 7) is 2.75. The van der Waals surface area contributed by atoms with Crippen molar-refractivity contribution in [2.45, 2.75) is 39.0 Å². The van der Waals surface area contributed by atoms with E-state index in [2.05, 4.69) is 10.3 Å². The van der Waals surface area contributed by atoms with E-state index in [-0.39, 0.29) is 11.8 Å². The molecule has 1 saturated carbocycles. The molecule has 1 N–H and O–H groups in total. The zero-order valence-corrected chi connectivity index (χ0v) is 10.5. The Kier molecular flexibility index (Phi) is 3.93. The van der Waals surface area contributed by atoms with Crippen molar-refractivity contribution in [1.82, 2.24) is 10.3 Å². The lowest BCUT2D eigenvalue weighted by molar-refractivity contribution is -0.124. The smallest absolute Gasteiger partial charge is 0.223 e. The lowest BCUT2D eigenvalue weighted by atomic mass is 10.1. The lowest BCUT2D eigenvalue weighted by Gasteiger charge is -2.09. The summed E-state index contributed by atoms with van der Waals surface area (Å²) in [6, 6.07) is 0. The van der Waals surface area contributed by atoms with Gasteiger partial charge in [-0.1, -0.05) is 12.8 Å². The third kappa shape index (κ3) is 3.04. The molecule has 1 heterocycles. The predicted molar refractivity (Wildman–Crippen MR) is 65.5 cm³/mol. The Morgan fingerprint density at radius 1 is 1.56 bits per heavy atom. The van der Waals surface area contributed by atoms with Crippen LogP contribution < -0.4 is 5.32 Å². The topological polar surface area (TPSA) is 42.0 Å². The Labute approximate surface area is 100 Å². The van der Waals surface area contributed by atoms with Crippen LogP contribution in [0.4, 0.5) is 0 Å². The van der Waals surface area contributed by atoms with Crippen LogP contribution in [0.2, 0.25) is 0 Å². The van der Waals surface area contributed by atoms with Gasteiger partial charge in [-0.2, -0.15) is 0 Å². The second-order valence-electron chi connectivity index (χ2n) is 4.37. The van der Waals surface area contributed by atoms with E-state index in [0.717, 1.165) is 30.8 Å². The highest BCUT2D eigenvalue weighted by Crippen LogP contribution is 2.24. The average Bonchev–Trinajstić information content (AvgIpc) is 2.89. The summed E-state index contributed by atoms with van der Waals surface area (Å²) in [7, 11) is 0. The summed E-state index contributed by atoms with van der Waals surface area (Å²) >= 11 is 1.71. The van der Waals surface area contributed by atoms with E-state index in [0.29, 0.717) is 0 Å². The molecule has 0 saturated heterocycles. The molecule has 1 aromatic heterocycles. The molecule has 1 aliphatic rings. The number of aromatic nitrogens is 1. The molecule has 88 valence electrons. The van der Waals surface area contributed by atoms with E-state index >= 15 is 0 Å².